The first-order valence-corrected chi connectivity index (χ1v) is 9.28. The second kappa shape index (κ2) is 25.2. The van der Waals surface area contributed by atoms with Crippen molar-refractivity contribution in [2.24, 2.45) is 5.73 Å². The van der Waals surface area contributed by atoms with Crippen LogP contribution in [0.5, 0.6) is 0 Å². The highest BCUT2D eigenvalue weighted by Gasteiger charge is 1.89. The van der Waals surface area contributed by atoms with Crippen molar-refractivity contribution in [2.45, 2.75) is 92.9 Å². The molecule has 0 heterocycles. The maximum Gasteiger partial charge on any atom is -0.00773 e. The van der Waals surface area contributed by atoms with Gasteiger partial charge < -0.3 is 5.73 Å². The lowest BCUT2D eigenvalue weighted by Gasteiger charge is -1.99. The van der Waals surface area contributed by atoms with Gasteiger partial charge in [0.2, 0.25) is 0 Å². The summed E-state index contributed by atoms with van der Waals surface area (Å²) >= 11 is 0. The van der Waals surface area contributed by atoms with E-state index in [4.69, 9.17) is 5.73 Å². The minimum atomic E-state index is 0.867. The topological polar surface area (TPSA) is 26.0 Å². The molecule has 0 aliphatic carbocycles. The van der Waals surface area contributed by atoms with Gasteiger partial charge in [-0.05, 0) is 39.7 Å². The van der Waals surface area contributed by atoms with E-state index in [1.54, 1.807) is 0 Å². The zero-order valence-corrected chi connectivity index (χ0v) is 16.4. The summed E-state index contributed by atoms with van der Waals surface area (Å²) in [6, 6.07) is 0. The summed E-state index contributed by atoms with van der Waals surface area (Å²) in [6.45, 7) is 17.2. The second-order valence-electron chi connectivity index (χ2n) is 5.33. The summed E-state index contributed by atoms with van der Waals surface area (Å²) in [5.74, 6) is 0. The van der Waals surface area contributed by atoms with Gasteiger partial charge in [-0.3, -0.25) is 0 Å². The molecule has 0 spiro atoms. The van der Waals surface area contributed by atoms with Crippen LogP contribution in [0.3, 0.4) is 0 Å². The smallest absolute Gasteiger partial charge is 0.00773 e. The minimum Gasteiger partial charge on any atom is -0.330 e. The van der Waals surface area contributed by atoms with Crippen LogP contribution < -0.4 is 5.73 Å². The number of hydrogen-bond acceptors (Lipinski definition) is 1. The number of nitrogens with two attached hydrogens (primary N) is 1. The molecule has 0 unspecified atom stereocenters. The summed E-state index contributed by atoms with van der Waals surface area (Å²) in [6.07, 6.45) is 16.7. The molecule has 0 aliphatic heterocycles. The summed E-state index contributed by atoms with van der Waals surface area (Å²) < 4.78 is 0. The minimum absolute atomic E-state index is 0.867. The molecule has 132 valence electrons. The normalized spacial score (nSPS) is 10.6. The van der Waals surface area contributed by atoms with Gasteiger partial charge in [0.05, 0.1) is 0 Å². The molecule has 0 radical (unpaired) electrons. The van der Waals surface area contributed by atoms with Gasteiger partial charge in [-0.2, -0.15) is 0 Å². The third kappa shape index (κ3) is 27.5. The molecule has 0 fully saturated rings. The fraction of sp³-hybridized carbons (Fsp3) is 0.714. The highest BCUT2D eigenvalue weighted by Crippen LogP contribution is 2.09. The van der Waals surface area contributed by atoms with E-state index >= 15 is 0 Å². The quantitative estimate of drug-likeness (QED) is 0.258. The predicted octanol–water partition coefficient (Wildman–Crippen LogP) is 7.20. The van der Waals surface area contributed by atoms with E-state index in [9.17, 15) is 0 Å². The number of rotatable bonds is 10. The molecule has 0 amide bonds. The van der Waals surface area contributed by atoms with Crippen LogP contribution in [0.1, 0.15) is 92.9 Å². The van der Waals surface area contributed by atoms with Crippen molar-refractivity contribution in [3.8, 4) is 0 Å². The van der Waals surface area contributed by atoms with E-state index in [0.717, 1.165) is 25.0 Å². The van der Waals surface area contributed by atoms with E-state index in [-0.39, 0.29) is 0 Å². The molecule has 0 atom stereocenters. The standard InChI is InChI=1S/C11H18.C8H19N.C2H6/c1-5-7-8-11(6-2)9-10(3)4;1-2-3-4-5-6-7-8-9;1-2/h5,7,9H,3,6,8H2,1-2,4H3;2-9H2,1H3;1-2H3/b7-5-,11-9-;;. The zero-order valence-electron chi connectivity index (χ0n) is 16.4. The Morgan fingerprint density at radius 2 is 1.55 bits per heavy atom. The molecule has 0 aromatic rings. The van der Waals surface area contributed by atoms with Crippen molar-refractivity contribution >= 4 is 0 Å². The van der Waals surface area contributed by atoms with Gasteiger partial charge in [-0.1, -0.05) is 95.8 Å². The van der Waals surface area contributed by atoms with Gasteiger partial charge in [-0.15, -0.1) is 0 Å². The molecule has 22 heavy (non-hydrogen) atoms. The van der Waals surface area contributed by atoms with Gasteiger partial charge in [0.15, 0.2) is 0 Å². The molecule has 0 aliphatic rings. The Bertz CT molecular complexity index is 255. The lowest BCUT2D eigenvalue weighted by Crippen LogP contribution is -1.97. The van der Waals surface area contributed by atoms with Crippen molar-refractivity contribution in [2.75, 3.05) is 6.54 Å². The predicted molar refractivity (Wildman–Crippen MR) is 106 cm³/mol. The van der Waals surface area contributed by atoms with Crippen LogP contribution in [0.25, 0.3) is 0 Å². The average Bonchev–Trinajstić information content (AvgIpc) is 2.53. The van der Waals surface area contributed by atoms with E-state index in [2.05, 4.69) is 38.7 Å². The first kappa shape index (κ1) is 26.1. The fourth-order valence-corrected chi connectivity index (χ4v) is 1.85. The van der Waals surface area contributed by atoms with E-state index in [1.807, 2.05) is 27.7 Å². The number of hydrogen-bond donors (Lipinski definition) is 1. The lowest BCUT2D eigenvalue weighted by molar-refractivity contribution is 0.612. The molecule has 1 heteroatoms. The van der Waals surface area contributed by atoms with E-state index in [0.29, 0.717) is 0 Å². The van der Waals surface area contributed by atoms with Gasteiger partial charge in [0.1, 0.15) is 0 Å². The van der Waals surface area contributed by atoms with E-state index < -0.39 is 0 Å². The molecule has 0 saturated carbocycles. The Hall–Kier alpha value is -0.820. The molecule has 0 aromatic carbocycles. The average molecular weight is 310 g/mol. The second-order valence-corrected chi connectivity index (χ2v) is 5.33. The Morgan fingerprint density at radius 1 is 1.00 bits per heavy atom. The lowest BCUT2D eigenvalue weighted by atomic mass is 10.1. The van der Waals surface area contributed by atoms with Crippen LogP contribution in [-0.2, 0) is 0 Å². The highest BCUT2D eigenvalue weighted by molar-refractivity contribution is 5.20. The van der Waals surface area contributed by atoms with Gasteiger partial charge in [0.25, 0.3) is 0 Å². The maximum atomic E-state index is 5.34. The van der Waals surface area contributed by atoms with Crippen LogP contribution in [-0.4, -0.2) is 6.54 Å². The SMILES string of the molecule is C=C(C)/C=C(/CC)C/C=C\C.CC.CCCCCCCCN. The van der Waals surface area contributed by atoms with E-state index in [1.165, 1.54) is 44.1 Å². The van der Waals surface area contributed by atoms with Crippen LogP contribution in [0.4, 0.5) is 0 Å². The van der Waals surface area contributed by atoms with Crippen molar-refractivity contribution in [3.63, 3.8) is 0 Å². The molecule has 0 aromatic heterocycles. The fourth-order valence-electron chi connectivity index (χ4n) is 1.85. The number of unbranched alkanes of at least 4 members (excludes halogenated alkanes) is 5. The Balaban J connectivity index is -0.000000299. The molecular weight excluding hydrogens is 266 g/mol. The number of allylic oxidation sites excluding steroid dienone is 5. The van der Waals surface area contributed by atoms with Crippen molar-refractivity contribution < 1.29 is 0 Å². The van der Waals surface area contributed by atoms with Crippen LogP contribution in [0.2, 0.25) is 0 Å². The van der Waals surface area contributed by atoms with Crippen molar-refractivity contribution in [3.05, 3.63) is 36.0 Å². The van der Waals surface area contributed by atoms with Crippen molar-refractivity contribution in [1.82, 2.24) is 0 Å². The molecule has 2 N–H and O–H groups in total. The zero-order chi connectivity index (χ0) is 17.6. The largest absolute Gasteiger partial charge is 0.330 e. The van der Waals surface area contributed by atoms with Gasteiger partial charge in [0, 0.05) is 0 Å². The summed E-state index contributed by atoms with van der Waals surface area (Å²) in [7, 11) is 0. The van der Waals surface area contributed by atoms with Crippen molar-refractivity contribution in [1.29, 1.82) is 0 Å². The Morgan fingerprint density at radius 3 is 1.95 bits per heavy atom. The molecule has 0 rings (SSSR count). The van der Waals surface area contributed by atoms with Crippen LogP contribution in [0.15, 0.2) is 36.0 Å². The molecule has 0 saturated heterocycles. The molecule has 1 nitrogen and oxygen atoms in total. The first-order valence-electron chi connectivity index (χ1n) is 9.28. The summed E-state index contributed by atoms with van der Waals surface area (Å²) in [5, 5.41) is 0. The van der Waals surface area contributed by atoms with Gasteiger partial charge >= 0.3 is 0 Å². The highest BCUT2D eigenvalue weighted by atomic mass is 14.5. The monoisotopic (exact) mass is 309 g/mol. The molecule has 0 bridgehead atoms. The van der Waals surface area contributed by atoms with Crippen LogP contribution >= 0.6 is 0 Å². The molecular formula is C21H43N. The Kier molecular flexibility index (Phi) is 29.8. The third-order valence-corrected chi connectivity index (χ3v) is 3.08. The summed E-state index contributed by atoms with van der Waals surface area (Å²) in [4.78, 5) is 0. The maximum absolute atomic E-state index is 5.34. The first-order chi connectivity index (χ1) is 10.6. The Labute approximate surface area is 141 Å². The van der Waals surface area contributed by atoms with Gasteiger partial charge in [-0.25, -0.2) is 0 Å². The summed E-state index contributed by atoms with van der Waals surface area (Å²) in [5.41, 5.74) is 7.94. The van der Waals surface area contributed by atoms with Crippen LogP contribution in [0, 0.1) is 0 Å². The third-order valence-electron chi connectivity index (χ3n) is 3.08.